The Labute approximate surface area is 268 Å². The number of carboxylic acid groups (broad SMARTS) is 1. The Morgan fingerprint density at radius 3 is 2.39 bits per heavy atom. The molecule has 5 nitrogen and oxygen atoms in total. The van der Waals surface area contributed by atoms with E-state index in [4.69, 9.17) is 0 Å². The molecule has 0 radical (unpaired) electrons. The van der Waals surface area contributed by atoms with Crippen molar-refractivity contribution in [1.29, 1.82) is 0 Å². The van der Waals surface area contributed by atoms with Crippen LogP contribution in [0.15, 0.2) is 42.5 Å². The van der Waals surface area contributed by atoms with Crippen LogP contribution in [-0.2, 0) is 11.3 Å². The molecule has 2 aromatic carbocycles. The summed E-state index contributed by atoms with van der Waals surface area (Å²) in [5.74, 6) is 1.20. The first-order valence-corrected chi connectivity index (χ1v) is 17.0. The number of aliphatic carboxylic acids is 1. The van der Waals surface area contributed by atoms with Gasteiger partial charge in [-0.15, -0.1) is 0 Å². The number of thioether (sulfide) groups is 2. The molecule has 222 valence electrons. The first-order chi connectivity index (χ1) is 19.1. The van der Waals surface area contributed by atoms with E-state index >= 15 is 0 Å². The molecule has 0 aromatic heterocycles. The van der Waals surface area contributed by atoms with Crippen molar-refractivity contribution in [3.05, 3.63) is 59.2 Å². The van der Waals surface area contributed by atoms with Crippen LogP contribution in [0.25, 0.3) is 11.1 Å². The molecule has 3 N–H and O–H groups in total. The van der Waals surface area contributed by atoms with Gasteiger partial charge in [0.2, 0.25) is 0 Å². The fraction of sp³-hybridized carbons (Fsp3) is 0.576. The van der Waals surface area contributed by atoms with Gasteiger partial charge in [0.15, 0.2) is 0 Å². The van der Waals surface area contributed by atoms with Crippen molar-refractivity contribution >= 4 is 54.3 Å². The SMILES string of the molecule is CSCC[C@H](NC(=O)c1ccc(CNC(CSC(C)(C)C)CC2CCCCC2)cc1-c1ccccc1C)C(=O)O.[LiH]. The normalized spacial score (nSPS) is 15.5. The zero-order chi connectivity index (χ0) is 29.1. The molecular formula is C33H49LiN2O3S2. The predicted molar refractivity (Wildman–Crippen MR) is 180 cm³/mol. The van der Waals surface area contributed by atoms with Crippen LogP contribution in [0.1, 0.15) is 87.2 Å². The Hall–Kier alpha value is -1.36. The molecule has 2 atom stereocenters. The van der Waals surface area contributed by atoms with E-state index in [-0.39, 0.29) is 29.5 Å². The molecule has 3 rings (SSSR count). The van der Waals surface area contributed by atoms with Crippen LogP contribution in [0.2, 0.25) is 0 Å². The third-order valence-corrected chi connectivity index (χ3v) is 9.71. The van der Waals surface area contributed by atoms with Gasteiger partial charge in [0.05, 0.1) is 0 Å². The summed E-state index contributed by atoms with van der Waals surface area (Å²) in [7, 11) is 0. The summed E-state index contributed by atoms with van der Waals surface area (Å²) >= 11 is 3.60. The number of carbonyl (C=O) groups is 2. The minimum absolute atomic E-state index is 0. The third-order valence-electron chi connectivity index (χ3n) is 7.63. The molecule has 0 aliphatic heterocycles. The fourth-order valence-corrected chi connectivity index (χ4v) is 6.80. The molecule has 1 fully saturated rings. The van der Waals surface area contributed by atoms with Crippen LogP contribution in [0.4, 0.5) is 0 Å². The number of rotatable bonds is 14. The topological polar surface area (TPSA) is 78.4 Å². The van der Waals surface area contributed by atoms with Gasteiger partial charge in [0, 0.05) is 28.6 Å². The van der Waals surface area contributed by atoms with E-state index in [1.165, 1.54) is 38.5 Å². The summed E-state index contributed by atoms with van der Waals surface area (Å²) in [5, 5.41) is 16.3. The van der Waals surface area contributed by atoms with Gasteiger partial charge < -0.3 is 15.7 Å². The molecule has 1 aliphatic rings. The number of benzene rings is 2. The van der Waals surface area contributed by atoms with E-state index in [0.29, 0.717) is 23.8 Å². The molecule has 8 heteroatoms. The van der Waals surface area contributed by atoms with Crippen LogP contribution in [0.5, 0.6) is 0 Å². The second-order valence-electron chi connectivity index (χ2n) is 12.1. The van der Waals surface area contributed by atoms with Gasteiger partial charge in [-0.3, -0.25) is 4.79 Å². The fourth-order valence-electron chi connectivity index (χ4n) is 5.37. The van der Waals surface area contributed by atoms with E-state index in [0.717, 1.165) is 40.5 Å². The van der Waals surface area contributed by atoms with E-state index in [2.05, 4.69) is 37.5 Å². The van der Waals surface area contributed by atoms with Crippen molar-refractivity contribution in [2.45, 2.75) is 96.0 Å². The first-order valence-electron chi connectivity index (χ1n) is 14.7. The number of carbonyl (C=O) groups excluding carboxylic acids is 1. The van der Waals surface area contributed by atoms with E-state index in [1.54, 1.807) is 11.8 Å². The molecule has 0 spiro atoms. The first kappa shape index (κ1) is 35.8. The van der Waals surface area contributed by atoms with Crippen molar-refractivity contribution in [3.8, 4) is 11.1 Å². The van der Waals surface area contributed by atoms with Crippen molar-refractivity contribution in [2.75, 3.05) is 17.8 Å². The molecule has 1 unspecified atom stereocenters. The minimum atomic E-state index is -1.00. The molecular weight excluding hydrogens is 543 g/mol. The monoisotopic (exact) mass is 592 g/mol. The Morgan fingerprint density at radius 1 is 1.05 bits per heavy atom. The number of aryl methyl sites for hydroxylation is 1. The number of carboxylic acids is 1. The summed E-state index contributed by atoms with van der Waals surface area (Å²) in [6.07, 6.45) is 10.3. The van der Waals surface area contributed by atoms with E-state index in [1.807, 2.05) is 61.3 Å². The van der Waals surface area contributed by atoms with Crippen molar-refractivity contribution in [3.63, 3.8) is 0 Å². The maximum atomic E-state index is 13.4. The number of hydrogen-bond donors (Lipinski definition) is 3. The molecule has 1 aliphatic carbocycles. The standard InChI is InChI=1S/C33H48N2O3S2.Li.H/c1-23-11-9-10-14-27(23)29-20-25(15-16-28(29)31(36)35-30(32(37)38)17-18-39-5)21-34-26(22-40-33(2,3)4)19-24-12-7-6-8-13-24;;/h9-11,14-16,20,24,26,30,34H,6-8,12-13,17-19,21-22H2,1-5H3,(H,35,36)(H,37,38);;/t26?,30-;;/m0../s1. The van der Waals surface area contributed by atoms with E-state index < -0.39 is 12.0 Å². The third kappa shape index (κ3) is 12.0. The van der Waals surface area contributed by atoms with Crippen molar-refractivity contribution < 1.29 is 14.7 Å². The summed E-state index contributed by atoms with van der Waals surface area (Å²) in [5.41, 5.74) is 4.55. The predicted octanol–water partition coefficient (Wildman–Crippen LogP) is 6.91. The van der Waals surface area contributed by atoms with Crippen LogP contribution in [-0.4, -0.2) is 70.4 Å². The number of amides is 1. The summed E-state index contributed by atoms with van der Waals surface area (Å²) in [6, 6.07) is 13.6. The van der Waals surface area contributed by atoms with Crippen LogP contribution in [0, 0.1) is 12.8 Å². The zero-order valence-electron chi connectivity index (χ0n) is 24.9. The zero-order valence-corrected chi connectivity index (χ0v) is 26.6. The van der Waals surface area contributed by atoms with Gasteiger partial charge in [0.25, 0.3) is 5.91 Å². The van der Waals surface area contributed by atoms with Gasteiger partial charge >= 0.3 is 24.8 Å². The molecule has 0 bridgehead atoms. The molecule has 0 heterocycles. The van der Waals surface area contributed by atoms with Crippen LogP contribution in [0.3, 0.4) is 0 Å². The summed E-state index contributed by atoms with van der Waals surface area (Å²) in [6.45, 7) is 9.62. The molecule has 0 saturated heterocycles. The average molecular weight is 593 g/mol. The maximum absolute atomic E-state index is 13.4. The number of nitrogens with one attached hydrogen (secondary N) is 2. The Kier molecular flexibility index (Phi) is 15.5. The van der Waals surface area contributed by atoms with Crippen molar-refractivity contribution in [1.82, 2.24) is 10.6 Å². The number of hydrogen-bond acceptors (Lipinski definition) is 5. The van der Waals surface area contributed by atoms with Gasteiger partial charge in [-0.1, -0.05) is 83.2 Å². The van der Waals surface area contributed by atoms with E-state index in [9.17, 15) is 14.7 Å². The quantitative estimate of drug-likeness (QED) is 0.207. The summed E-state index contributed by atoms with van der Waals surface area (Å²) in [4.78, 5) is 25.2. The van der Waals surface area contributed by atoms with Crippen LogP contribution >= 0.6 is 23.5 Å². The summed E-state index contributed by atoms with van der Waals surface area (Å²) < 4.78 is 0.225. The van der Waals surface area contributed by atoms with Gasteiger partial charge in [-0.25, -0.2) is 4.79 Å². The second kappa shape index (κ2) is 17.7. The average Bonchev–Trinajstić information content (AvgIpc) is 2.92. The molecule has 1 amide bonds. The molecule has 1 saturated carbocycles. The Morgan fingerprint density at radius 2 is 1.76 bits per heavy atom. The molecule has 41 heavy (non-hydrogen) atoms. The van der Waals surface area contributed by atoms with Gasteiger partial charge in [-0.2, -0.15) is 23.5 Å². The molecule has 2 aromatic rings. The van der Waals surface area contributed by atoms with Crippen LogP contribution < -0.4 is 10.6 Å². The van der Waals surface area contributed by atoms with Gasteiger partial charge in [-0.05, 0) is 72.1 Å². The van der Waals surface area contributed by atoms with Crippen molar-refractivity contribution in [2.24, 2.45) is 5.92 Å². The Bertz CT molecular complexity index is 1120. The second-order valence-corrected chi connectivity index (χ2v) is 14.9. The Balaban J connectivity index is 0.00000588. The van der Waals surface area contributed by atoms with Gasteiger partial charge in [0.1, 0.15) is 6.04 Å².